The highest BCUT2D eigenvalue weighted by Gasteiger charge is 2.33. The van der Waals surface area contributed by atoms with Crippen molar-refractivity contribution in [3.8, 4) is 5.00 Å². The van der Waals surface area contributed by atoms with Crippen LogP contribution in [0, 0.1) is 20.8 Å². The average molecular weight is 492 g/mol. The molecule has 184 valence electrons. The molecule has 1 aliphatic rings. The normalized spacial score (nSPS) is 15.5. The fraction of sp³-hybridized carbons (Fsp3) is 0.407. The molecule has 7 nitrogen and oxygen atoms in total. The Bertz CT molecular complexity index is 1290. The molecule has 8 heteroatoms. The Balaban J connectivity index is 1.82. The van der Waals surface area contributed by atoms with Crippen LogP contribution in [0.25, 0.3) is 5.00 Å². The van der Waals surface area contributed by atoms with Gasteiger partial charge in [0.1, 0.15) is 22.5 Å². The highest BCUT2D eigenvalue weighted by Crippen LogP contribution is 2.39. The minimum Gasteiger partial charge on any atom is -0.460 e. The van der Waals surface area contributed by atoms with E-state index >= 15 is 0 Å². The van der Waals surface area contributed by atoms with Gasteiger partial charge in [0.2, 0.25) is 0 Å². The Morgan fingerprint density at radius 3 is 2.54 bits per heavy atom. The molecule has 0 radical (unpaired) electrons. The summed E-state index contributed by atoms with van der Waals surface area (Å²) in [6.07, 6.45) is 5.46. The van der Waals surface area contributed by atoms with Gasteiger partial charge in [0, 0.05) is 16.0 Å². The topological polar surface area (TPSA) is 95.4 Å². The molecule has 1 aliphatic heterocycles. The number of hydrogen-bond donors (Lipinski definition) is 1. The number of aryl methyl sites for hydroxylation is 3. The van der Waals surface area contributed by atoms with Gasteiger partial charge in [-0.1, -0.05) is 30.3 Å². The summed E-state index contributed by atoms with van der Waals surface area (Å²) < 4.78 is 7.69. The summed E-state index contributed by atoms with van der Waals surface area (Å²) in [5.41, 5.74) is 10.3. The zero-order chi connectivity index (χ0) is 25.3. The SMILES string of the molecule is Cc1sc2c(c1C)C(c1ccc(CCC=CN)cc1)=N[C@H](CC(=O)OC(C)(C)C)c1nnc(C)n1-2. The number of aromatic nitrogens is 3. The lowest BCUT2D eigenvalue weighted by Crippen LogP contribution is -2.25. The van der Waals surface area contributed by atoms with Crippen LogP contribution in [0.5, 0.6) is 0 Å². The number of carbonyl (C=O) groups excluding carboxylic acids is 1. The lowest BCUT2D eigenvalue weighted by Gasteiger charge is -2.21. The summed E-state index contributed by atoms with van der Waals surface area (Å²) in [4.78, 5) is 19.2. The largest absolute Gasteiger partial charge is 0.460 e. The Labute approximate surface area is 210 Å². The molecule has 3 aromatic rings. The number of hydrogen-bond acceptors (Lipinski definition) is 7. The minimum atomic E-state index is -0.570. The molecule has 2 aromatic heterocycles. The van der Waals surface area contributed by atoms with Crippen molar-refractivity contribution in [3.63, 3.8) is 0 Å². The maximum atomic E-state index is 12.8. The Kier molecular flexibility index (Phi) is 6.94. The molecule has 0 unspecified atom stereocenters. The number of fused-ring (bicyclic) bond motifs is 3. The first-order chi connectivity index (χ1) is 16.6. The van der Waals surface area contributed by atoms with Crippen molar-refractivity contribution in [2.75, 3.05) is 0 Å². The molecule has 3 heterocycles. The Hall–Kier alpha value is -3.26. The van der Waals surface area contributed by atoms with Crippen LogP contribution in [0.4, 0.5) is 0 Å². The van der Waals surface area contributed by atoms with Gasteiger partial charge in [-0.3, -0.25) is 14.4 Å². The van der Waals surface area contributed by atoms with Crippen LogP contribution < -0.4 is 5.73 Å². The lowest BCUT2D eigenvalue weighted by molar-refractivity contribution is -0.155. The van der Waals surface area contributed by atoms with E-state index < -0.39 is 11.6 Å². The molecular formula is C27H33N5O2S. The molecule has 1 atom stereocenters. The molecule has 1 aromatic carbocycles. The monoisotopic (exact) mass is 491 g/mol. The third-order valence-corrected chi connectivity index (χ3v) is 7.18. The highest BCUT2D eigenvalue weighted by molar-refractivity contribution is 7.15. The fourth-order valence-corrected chi connectivity index (χ4v) is 5.46. The Morgan fingerprint density at radius 1 is 1.17 bits per heavy atom. The molecule has 2 N–H and O–H groups in total. The number of nitrogens with two attached hydrogens (primary N) is 1. The number of esters is 1. The van der Waals surface area contributed by atoms with Crippen molar-refractivity contribution in [3.05, 3.63) is 75.3 Å². The lowest BCUT2D eigenvalue weighted by atomic mass is 9.98. The number of aliphatic imine (C=N–C) groups is 1. The van der Waals surface area contributed by atoms with Gasteiger partial charge in [0.25, 0.3) is 0 Å². The molecule has 0 saturated carbocycles. The summed E-state index contributed by atoms with van der Waals surface area (Å²) >= 11 is 1.70. The zero-order valence-corrected chi connectivity index (χ0v) is 22.1. The standard InChI is InChI=1S/C27H33N5O2S/c1-16-17(2)35-26-23(16)24(20-12-10-19(11-13-20)9-7-8-14-28)29-21(15-22(33)34-27(4,5)6)25-31-30-18(3)32(25)26/h8,10-14,21H,7,9,15,28H2,1-6H3/t21-/m1/s1. The van der Waals surface area contributed by atoms with Crippen LogP contribution in [0.3, 0.4) is 0 Å². The van der Waals surface area contributed by atoms with E-state index in [4.69, 9.17) is 15.5 Å². The number of thiophene rings is 1. The van der Waals surface area contributed by atoms with E-state index in [-0.39, 0.29) is 12.4 Å². The number of ether oxygens (including phenoxy) is 1. The van der Waals surface area contributed by atoms with Crippen molar-refractivity contribution in [1.29, 1.82) is 0 Å². The third kappa shape index (κ3) is 5.22. The number of nitrogens with zero attached hydrogens (tertiary/aromatic N) is 4. The van der Waals surface area contributed by atoms with Gasteiger partial charge < -0.3 is 10.5 Å². The highest BCUT2D eigenvalue weighted by atomic mass is 32.1. The van der Waals surface area contributed by atoms with Crippen molar-refractivity contribution in [2.24, 2.45) is 10.7 Å². The van der Waals surface area contributed by atoms with E-state index in [1.54, 1.807) is 17.5 Å². The van der Waals surface area contributed by atoms with Gasteiger partial charge in [-0.15, -0.1) is 21.5 Å². The van der Waals surface area contributed by atoms with E-state index in [1.165, 1.54) is 16.0 Å². The van der Waals surface area contributed by atoms with Gasteiger partial charge in [-0.2, -0.15) is 0 Å². The Morgan fingerprint density at radius 2 is 1.89 bits per heavy atom. The zero-order valence-electron chi connectivity index (χ0n) is 21.3. The summed E-state index contributed by atoms with van der Waals surface area (Å²) in [5, 5.41) is 9.84. The van der Waals surface area contributed by atoms with Crippen molar-refractivity contribution in [2.45, 2.75) is 72.4 Å². The maximum Gasteiger partial charge on any atom is 0.308 e. The summed E-state index contributed by atoms with van der Waals surface area (Å²) in [6.45, 7) is 11.8. The molecule has 0 spiro atoms. The van der Waals surface area contributed by atoms with Crippen LogP contribution in [0.15, 0.2) is 41.5 Å². The number of benzene rings is 1. The smallest absolute Gasteiger partial charge is 0.308 e. The second-order valence-corrected chi connectivity index (χ2v) is 11.1. The molecule has 0 aliphatic carbocycles. The van der Waals surface area contributed by atoms with Crippen LogP contribution in [-0.2, 0) is 16.0 Å². The summed E-state index contributed by atoms with van der Waals surface area (Å²) in [7, 11) is 0. The van der Waals surface area contributed by atoms with E-state index in [1.807, 2.05) is 33.8 Å². The molecule has 35 heavy (non-hydrogen) atoms. The average Bonchev–Trinajstić information content (AvgIpc) is 3.25. The summed E-state index contributed by atoms with van der Waals surface area (Å²) in [5.74, 6) is 1.13. The molecule has 0 bridgehead atoms. The van der Waals surface area contributed by atoms with Gasteiger partial charge in [-0.25, -0.2) is 0 Å². The predicted molar refractivity (Wildman–Crippen MR) is 140 cm³/mol. The van der Waals surface area contributed by atoms with E-state index in [9.17, 15) is 4.79 Å². The molecule has 0 fully saturated rings. The second-order valence-electron chi connectivity index (χ2n) is 9.85. The van der Waals surface area contributed by atoms with Crippen molar-refractivity contribution < 1.29 is 9.53 Å². The summed E-state index contributed by atoms with van der Waals surface area (Å²) in [6, 6.07) is 7.99. The second kappa shape index (κ2) is 9.77. The van der Waals surface area contributed by atoms with Gasteiger partial charge in [0.05, 0.1) is 12.1 Å². The predicted octanol–water partition coefficient (Wildman–Crippen LogP) is 5.28. The van der Waals surface area contributed by atoms with Gasteiger partial charge >= 0.3 is 5.97 Å². The quantitative estimate of drug-likeness (QED) is 0.473. The first-order valence-corrected chi connectivity index (χ1v) is 12.7. The van der Waals surface area contributed by atoms with Crippen LogP contribution >= 0.6 is 11.3 Å². The van der Waals surface area contributed by atoms with Crippen LogP contribution in [-0.4, -0.2) is 32.0 Å². The fourth-order valence-electron chi connectivity index (χ4n) is 4.24. The van der Waals surface area contributed by atoms with E-state index in [0.717, 1.165) is 40.5 Å². The van der Waals surface area contributed by atoms with E-state index in [2.05, 4.69) is 52.9 Å². The number of allylic oxidation sites excluding steroid dienone is 1. The van der Waals surface area contributed by atoms with Gasteiger partial charge in [0.15, 0.2) is 5.82 Å². The van der Waals surface area contributed by atoms with Crippen LogP contribution in [0.1, 0.15) is 78.4 Å². The molecule has 4 rings (SSSR count). The number of rotatable bonds is 6. The van der Waals surface area contributed by atoms with E-state index in [0.29, 0.717) is 5.82 Å². The maximum absolute atomic E-state index is 12.8. The minimum absolute atomic E-state index is 0.0926. The van der Waals surface area contributed by atoms with Crippen molar-refractivity contribution in [1.82, 2.24) is 14.8 Å². The first-order valence-electron chi connectivity index (χ1n) is 11.9. The molecule has 0 amide bonds. The number of carbonyl (C=O) groups is 1. The van der Waals surface area contributed by atoms with Crippen molar-refractivity contribution >= 4 is 23.0 Å². The molecule has 0 saturated heterocycles. The first kappa shape index (κ1) is 24.9. The van der Waals surface area contributed by atoms with Crippen LogP contribution in [0.2, 0.25) is 0 Å². The third-order valence-electron chi connectivity index (χ3n) is 5.98. The molecular weight excluding hydrogens is 458 g/mol. The van der Waals surface area contributed by atoms with Gasteiger partial charge in [-0.05, 0) is 71.7 Å².